The Bertz CT molecular complexity index is 180. The lowest BCUT2D eigenvalue weighted by Gasteiger charge is -2.26. The molecule has 0 spiro atoms. The normalized spacial score (nSPS) is 24.1. The zero-order chi connectivity index (χ0) is 9.90. The molecule has 1 rings (SSSR count). The minimum Gasteiger partial charge on any atom is -0.350 e. The summed E-state index contributed by atoms with van der Waals surface area (Å²) in [5.74, 6) is 0.114. The van der Waals surface area contributed by atoms with Gasteiger partial charge in [-0.15, -0.1) is 0 Å². The van der Waals surface area contributed by atoms with Gasteiger partial charge < -0.3 is 10.6 Å². The Morgan fingerprint density at radius 1 is 1.54 bits per heavy atom. The average Bonchev–Trinajstić information content (AvgIpc) is 2.03. The molecule has 1 aliphatic rings. The Kier molecular flexibility index (Phi) is 3.27. The van der Waals surface area contributed by atoms with Crippen molar-refractivity contribution in [2.24, 2.45) is 0 Å². The first kappa shape index (κ1) is 10.5. The van der Waals surface area contributed by atoms with Crippen molar-refractivity contribution in [1.29, 1.82) is 0 Å². The van der Waals surface area contributed by atoms with Crippen LogP contribution < -0.4 is 16.0 Å². The van der Waals surface area contributed by atoms with Crippen LogP contribution in [0.5, 0.6) is 0 Å². The van der Waals surface area contributed by atoms with E-state index in [1.807, 2.05) is 20.8 Å². The topological polar surface area (TPSA) is 57.7 Å². The van der Waals surface area contributed by atoms with Crippen LogP contribution in [0.4, 0.5) is 0 Å². The van der Waals surface area contributed by atoms with Crippen molar-refractivity contribution in [2.45, 2.75) is 32.4 Å². The molecule has 0 aromatic rings. The molecule has 1 saturated heterocycles. The Balaban J connectivity index is 2.38. The summed E-state index contributed by atoms with van der Waals surface area (Å²) in [5, 5.41) is 8.34. The lowest BCUT2D eigenvalue weighted by molar-refractivity contribution is -0.660. The van der Waals surface area contributed by atoms with Gasteiger partial charge in [-0.3, -0.25) is 10.1 Å². The fraction of sp³-hybridized carbons (Fsp3) is 0.889. The van der Waals surface area contributed by atoms with Crippen molar-refractivity contribution < 1.29 is 10.1 Å². The van der Waals surface area contributed by atoms with Gasteiger partial charge in [-0.05, 0) is 20.8 Å². The third-order valence-electron chi connectivity index (χ3n) is 1.96. The third kappa shape index (κ3) is 3.74. The Labute approximate surface area is 79.5 Å². The number of rotatable bonds is 1. The fourth-order valence-electron chi connectivity index (χ4n) is 1.38. The van der Waals surface area contributed by atoms with Crippen molar-refractivity contribution in [3.63, 3.8) is 0 Å². The monoisotopic (exact) mass is 186 g/mol. The average molecular weight is 186 g/mol. The molecule has 0 aromatic heterocycles. The Morgan fingerprint density at radius 3 is 2.69 bits per heavy atom. The van der Waals surface area contributed by atoms with E-state index in [-0.39, 0.29) is 17.5 Å². The minimum absolute atomic E-state index is 0.0204. The van der Waals surface area contributed by atoms with E-state index in [0.717, 1.165) is 19.6 Å². The van der Waals surface area contributed by atoms with Crippen LogP contribution in [-0.4, -0.2) is 37.1 Å². The molecular weight excluding hydrogens is 166 g/mol. The van der Waals surface area contributed by atoms with Crippen LogP contribution in [0.2, 0.25) is 0 Å². The van der Waals surface area contributed by atoms with Crippen LogP contribution in [0, 0.1) is 0 Å². The molecule has 0 bridgehead atoms. The van der Waals surface area contributed by atoms with E-state index in [0.29, 0.717) is 0 Å². The lowest BCUT2D eigenvalue weighted by atomic mass is 10.1. The number of amides is 1. The molecular formula is C9H20N3O+. The number of hydrogen-bond donors (Lipinski definition) is 3. The number of nitrogens with two attached hydrogens (primary N) is 1. The van der Waals surface area contributed by atoms with Gasteiger partial charge in [0.2, 0.25) is 5.91 Å². The second-order valence-electron chi connectivity index (χ2n) is 4.56. The van der Waals surface area contributed by atoms with E-state index in [9.17, 15) is 4.79 Å². The standard InChI is InChI=1S/C9H19N3O/c1-9(2,3)12-8(13)7-6-10-4-5-11-7/h7,10-11H,4-6H2,1-3H3,(H,12,13)/p+1. The van der Waals surface area contributed by atoms with E-state index in [1.54, 1.807) is 0 Å². The number of piperazine rings is 1. The van der Waals surface area contributed by atoms with Crippen molar-refractivity contribution in [3.05, 3.63) is 0 Å². The molecule has 0 aromatic carbocycles. The zero-order valence-corrected chi connectivity index (χ0v) is 8.68. The van der Waals surface area contributed by atoms with Crippen LogP contribution in [0.25, 0.3) is 0 Å². The summed E-state index contributed by atoms with van der Waals surface area (Å²) in [4.78, 5) is 11.6. The number of carbonyl (C=O) groups excluding carboxylic acids is 1. The molecule has 76 valence electrons. The SMILES string of the molecule is CC(C)(C)NC(=O)C1C[NH2+]CCN1. The van der Waals surface area contributed by atoms with Crippen molar-refractivity contribution in [3.8, 4) is 0 Å². The second kappa shape index (κ2) is 4.07. The maximum absolute atomic E-state index is 11.6. The third-order valence-corrected chi connectivity index (χ3v) is 1.96. The molecule has 0 radical (unpaired) electrons. The highest BCUT2D eigenvalue weighted by Gasteiger charge is 2.25. The molecule has 1 aliphatic heterocycles. The molecule has 1 unspecified atom stereocenters. The predicted octanol–water partition coefficient (Wildman–Crippen LogP) is -1.56. The first-order valence-electron chi connectivity index (χ1n) is 4.86. The highest BCUT2D eigenvalue weighted by molar-refractivity contribution is 5.82. The first-order chi connectivity index (χ1) is 5.99. The first-order valence-corrected chi connectivity index (χ1v) is 4.86. The maximum Gasteiger partial charge on any atom is 0.243 e. The molecule has 1 atom stereocenters. The summed E-state index contributed by atoms with van der Waals surface area (Å²) in [5.41, 5.74) is -0.129. The number of quaternary nitrogens is 1. The highest BCUT2D eigenvalue weighted by Crippen LogP contribution is 1.99. The van der Waals surface area contributed by atoms with E-state index in [1.165, 1.54) is 0 Å². The summed E-state index contributed by atoms with van der Waals surface area (Å²) in [6.45, 7) is 8.83. The second-order valence-corrected chi connectivity index (χ2v) is 4.56. The molecule has 4 nitrogen and oxygen atoms in total. The fourth-order valence-corrected chi connectivity index (χ4v) is 1.38. The highest BCUT2D eigenvalue weighted by atomic mass is 16.2. The molecule has 1 amide bonds. The molecule has 1 fully saturated rings. The summed E-state index contributed by atoms with van der Waals surface area (Å²) in [7, 11) is 0. The van der Waals surface area contributed by atoms with Crippen LogP contribution >= 0.6 is 0 Å². The summed E-state index contributed by atoms with van der Waals surface area (Å²) in [6.07, 6.45) is 0. The zero-order valence-electron chi connectivity index (χ0n) is 8.68. The molecule has 13 heavy (non-hydrogen) atoms. The maximum atomic E-state index is 11.6. The quantitative estimate of drug-likeness (QED) is 0.464. The molecule has 1 heterocycles. The van der Waals surface area contributed by atoms with Gasteiger partial charge >= 0.3 is 0 Å². The number of nitrogens with one attached hydrogen (secondary N) is 2. The smallest absolute Gasteiger partial charge is 0.243 e. The number of carbonyl (C=O) groups is 1. The van der Waals surface area contributed by atoms with E-state index >= 15 is 0 Å². The molecule has 0 saturated carbocycles. The predicted molar refractivity (Wildman–Crippen MR) is 51.3 cm³/mol. The van der Waals surface area contributed by atoms with Gasteiger partial charge in [0.25, 0.3) is 0 Å². The van der Waals surface area contributed by atoms with Gasteiger partial charge in [0.15, 0.2) is 0 Å². The largest absolute Gasteiger partial charge is 0.350 e. The molecule has 0 aliphatic carbocycles. The van der Waals surface area contributed by atoms with Crippen LogP contribution in [0.15, 0.2) is 0 Å². The molecule has 4 heteroatoms. The van der Waals surface area contributed by atoms with Crippen LogP contribution in [-0.2, 0) is 4.79 Å². The lowest BCUT2D eigenvalue weighted by Crippen LogP contribution is -2.92. The van der Waals surface area contributed by atoms with Gasteiger partial charge in [0.05, 0.1) is 6.54 Å². The van der Waals surface area contributed by atoms with Crippen molar-refractivity contribution in [2.75, 3.05) is 19.6 Å². The summed E-state index contributed by atoms with van der Waals surface area (Å²) >= 11 is 0. The minimum atomic E-state index is -0.129. The van der Waals surface area contributed by atoms with E-state index < -0.39 is 0 Å². The summed E-state index contributed by atoms with van der Waals surface area (Å²) in [6, 6.07) is -0.0204. The van der Waals surface area contributed by atoms with Crippen molar-refractivity contribution in [1.82, 2.24) is 10.6 Å². The van der Waals surface area contributed by atoms with Crippen molar-refractivity contribution >= 4 is 5.91 Å². The van der Waals surface area contributed by atoms with E-state index in [2.05, 4.69) is 16.0 Å². The Morgan fingerprint density at radius 2 is 2.23 bits per heavy atom. The van der Waals surface area contributed by atoms with E-state index in [4.69, 9.17) is 0 Å². The van der Waals surface area contributed by atoms with Gasteiger partial charge in [0, 0.05) is 12.1 Å². The van der Waals surface area contributed by atoms with Gasteiger partial charge in [-0.1, -0.05) is 0 Å². The number of hydrogen-bond acceptors (Lipinski definition) is 2. The molecule has 4 N–H and O–H groups in total. The van der Waals surface area contributed by atoms with Crippen LogP contribution in [0.3, 0.4) is 0 Å². The summed E-state index contributed by atoms with van der Waals surface area (Å²) < 4.78 is 0. The van der Waals surface area contributed by atoms with Gasteiger partial charge in [-0.2, -0.15) is 0 Å². The van der Waals surface area contributed by atoms with Gasteiger partial charge in [-0.25, -0.2) is 0 Å². The van der Waals surface area contributed by atoms with Crippen LogP contribution in [0.1, 0.15) is 20.8 Å². The Hall–Kier alpha value is -0.610. The van der Waals surface area contributed by atoms with Gasteiger partial charge in [0.1, 0.15) is 12.6 Å².